The van der Waals surface area contributed by atoms with E-state index in [1.807, 2.05) is 0 Å². The second-order valence-electron chi connectivity index (χ2n) is 3.99. The Morgan fingerprint density at radius 1 is 1.45 bits per heavy atom. The van der Waals surface area contributed by atoms with Gasteiger partial charge in [-0.1, -0.05) is 13.8 Å². The van der Waals surface area contributed by atoms with Crippen molar-refractivity contribution in [3.05, 3.63) is 0 Å². The number of hydrogen-bond acceptors (Lipinski definition) is 2. The largest absolute Gasteiger partial charge is 0.462 e. The molecule has 0 aromatic heterocycles. The topological polar surface area (TPSA) is 26.3 Å². The molecular formula is C9H14O2. The Labute approximate surface area is 66.9 Å². The van der Waals surface area contributed by atoms with Crippen molar-refractivity contribution in [2.45, 2.75) is 32.8 Å². The second-order valence-corrected chi connectivity index (χ2v) is 3.99. The number of hydrogen-bond donors (Lipinski definition) is 0. The van der Waals surface area contributed by atoms with Crippen molar-refractivity contribution in [3.63, 3.8) is 0 Å². The summed E-state index contributed by atoms with van der Waals surface area (Å²) in [7, 11) is 0. The molecule has 1 saturated carbocycles. The van der Waals surface area contributed by atoms with E-state index in [-0.39, 0.29) is 12.1 Å². The van der Waals surface area contributed by atoms with Crippen molar-refractivity contribution in [2.75, 3.05) is 0 Å². The van der Waals surface area contributed by atoms with Crippen LogP contribution in [0.4, 0.5) is 0 Å². The normalized spacial score (nSPS) is 49.1. The Hall–Kier alpha value is -0.530. The van der Waals surface area contributed by atoms with Crippen LogP contribution in [0.1, 0.15) is 26.7 Å². The van der Waals surface area contributed by atoms with Gasteiger partial charge in [0.1, 0.15) is 6.10 Å². The quantitative estimate of drug-likeness (QED) is 0.495. The number of ether oxygens (including phenoxy) is 1. The first kappa shape index (κ1) is 7.14. The average molecular weight is 154 g/mol. The highest BCUT2D eigenvalue weighted by atomic mass is 16.5. The third-order valence-electron chi connectivity index (χ3n) is 3.19. The first-order valence-electron chi connectivity index (χ1n) is 4.38. The summed E-state index contributed by atoms with van der Waals surface area (Å²) in [6.07, 6.45) is 2.06. The van der Waals surface area contributed by atoms with Crippen molar-refractivity contribution in [3.8, 4) is 0 Å². The first-order valence-corrected chi connectivity index (χ1v) is 4.38. The zero-order valence-electron chi connectivity index (χ0n) is 7.04. The van der Waals surface area contributed by atoms with Gasteiger partial charge in [-0.3, -0.25) is 4.79 Å². The van der Waals surface area contributed by atoms with E-state index in [4.69, 9.17) is 4.74 Å². The Morgan fingerprint density at radius 3 is 2.82 bits per heavy atom. The van der Waals surface area contributed by atoms with Gasteiger partial charge in [-0.25, -0.2) is 0 Å². The molecule has 4 atom stereocenters. The summed E-state index contributed by atoms with van der Waals surface area (Å²) in [5.41, 5.74) is 0. The highest BCUT2D eigenvalue weighted by Crippen LogP contribution is 2.43. The molecule has 2 nitrogen and oxygen atoms in total. The van der Waals surface area contributed by atoms with Gasteiger partial charge in [-0.05, 0) is 24.2 Å². The average Bonchev–Trinajstić information content (AvgIpc) is 2.17. The van der Waals surface area contributed by atoms with Gasteiger partial charge >= 0.3 is 5.97 Å². The van der Waals surface area contributed by atoms with Gasteiger partial charge in [0.05, 0.1) is 0 Å². The summed E-state index contributed by atoms with van der Waals surface area (Å²) in [6, 6.07) is 0. The standard InChI is InChI=1S/C9H14O2/c1-5-3-7-4-8(10)11-9(5)6(7)2/h5-7,9H,3-4H2,1-2H3/t5?,6?,7-,9?/m0/s1. The number of esters is 1. The summed E-state index contributed by atoms with van der Waals surface area (Å²) in [6.45, 7) is 4.38. The molecule has 2 aliphatic rings. The molecule has 0 aromatic rings. The van der Waals surface area contributed by atoms with Gasteiger partial charge < -0.3 is 4.74 Å². The van der Waals surface area contributed by atoms with Gasteiger partial charge in [0, 0.05) is 6.42 Å². The smallest absolute Gasteiger partial charge is 0.306 e. The van der Waals surface area contributed by atoms with Crippen molar-refractivity contribution in [1.29, 1.82) is 0 Å². The fourth-order valence-corrected chi connectivity index (χ4v) is 2.52. The van der Waals surface area contributed by atoms with E-state index in [0.717, 1.165) is 0 Å². The molecule has 1 heterocycles. The number of rotatable bonds is 0. The van der Waals surface area contributed by atoms with Gasteiger partial charge in [0.25, 0.3) is 0 Å². The van der Waals surface area contributed by atoms with E-state index in [9.17, 15) is 4.79 Å². The zero-order valence-corrected chi connectivity index (χ0v) is 7.04. The van der Waals surface area contributed by atoms with E-state index < -0.39 is 0 Å². The molecule has 3 unspecified atom stereocenters. The molecule has 0 spiro atoms. The minimum atomic E-state index is 0.0162. The summed E-state index contributed by atoms with van der Waals surface area (Å²) < 4.78 is 5.26. The van der Waals surface area contributed by atoms with Crippen LogP contribution in [0.2, 0.25) is 0 Å². The minimum absolute atomic E-state index is 0.0162. The Bertz CT molecular complexity index is 188. The minimum Gasteiger partial charge on any atom is -0.462 e. The summed E-state index contributed by atoms with van der Waals surface area (Å²) >= 11 is 0. The SMILES string of the molecule is CC1C[C@H]2CC(=O)OC1C2C. The molecule has 1 saturated heterocycles. The maximum atomic E-state index is 11.0. The van der Waals surface area contributed by atoms with Gasteiger partial charge in [0.15, 0.2) is 0 Å². The fourth-order valence-electron chi connectivity index (χ4n) is 2.52. The van der Waals surface area contributed by atoms with Crippen molar-refractivity contribution in [1.82, 2.24) is 0 Å². The molecule has 0 N–H and O–H groups in total. The lowest BCUT2D eigenvalue weighted by atomic mass is 9.92. The second kappa shape index (κ2) is 2.23. The van der Waals surface area contributed by atoms with E-state index >= 15 is 0 Å². The summed E-state index contributed by atoms with van der Waals surface area (Å²) in [4.78, 5) is 11.0. The highest BCUT2D eigenvalue weighted by Gasteiger charge is 2.45. The number of carbonyl (C=O) groups is 1. The zero-order chi connectivity index (χ0) is 8.01. The number of carbonyl (C=O) groups excluding carboxylic acids is 1. The van der Waals surface area contributed by atoms with Crippen LogP contribution >= 0.6 is 0 Å². The lowest BCUT2D eigenvalue weighted by molar-refractivity contribution is -0.158. The predicted octanol–water partition coefficient (Wildman–Crippen LogP) is 1.59. The van der Waals surface area contributed by atoms with Crippen LogP contribution in [-0.2, 0) is 9.53 Å². The van der Waals surface area contributed by atoms with Crippen molar-refractivity contribution >= 4 is 5.97 Å². The Kier molecular flexibility index (Phi) is 1.44. The molecule has 0 aromatic carbocycles. The molecule has 0 radical (unpaired) electrons. The Morgan fingerprint density at radius 2 is 2.18 bits per heavy atom. The third-order valence-corrected chi connectivity index (χ3v) is 3.19. The molecular weight excluding hydrogens is 140 g/mol. The molecule has 62 valence electrons. The van der Waals surface area contributed by atoms with E-state index in [1.54, 1.807) is 0 Å². The molecule has 2 rings (SSSR count). The number of fused-ring (bicyclic) bond motifs is 2. The Balaban J connectivity index is 2.20. The lowest BCUT2D eigenvalue weighted by Crippen LogP contribution is -2.32. The van der Waals surface area contributed by atoms with Crippen LogP contribution in [0.25, 0.3) is 0 Å². The van der Waals surface area contributed by atoms with Gasteiger partial charge in [-0.2, -0.15) is 0 Å². The first-order chi connectivity index (χ1) is 5.18. The molecule has 2 fully saturated rings. The van der Waals surface area contributed by atoms with E-state index in [0.29, 0.717) is 24.2 Å². The predicted molar refractivity (Wildman–Crippen MR) is 40.9 cm³/mol. The van der Waals surface area contributed by atoms with Crippen LogP contribution in [-0.4, -0.2) is 12.1 Å². The van der Waals surface area contributed by atoms with Crippen LogP contribution in [0.3, 0.4) is 0 Å². The molecule has 1 aliphatic heterocycles. The molecule has 2 bridgehead atoms. The monoisotopic (exact) mass is 154 g/mol. The highest BCUT2D eigenvalue weighted by molar-refractivity contribution is 5.71. The molecule has 0 amide bonds. The summed E-state index contributed by atoms with van der Waals surface area (Å²) in [5, 5.41) is 0. The third kappa shape index (κ3) is 0.959. The summed E-state index contributed by atoms with van der Waals surface area (Å²) in [5.74, 6) is 1.81. The van der Waals surface area contributed by atoms with Crippen LogP contribution in [0, 0.1) is 17.8 Å². The van der Waals surface area contributed by atoms with Crippen molar-refractivity contribution in [2.24, 2.45) is 17.8 Å². The van der Waals surface area contributed by atoms with Gasteiger partial charge in [-0.15, -0.1) is 0 Å². The van der Waals surface area contributed by atoms with Gasteiger partial charge in [0.2, 0.25) is 0 Å². The maximum absolute atomic E-state index is 11.0. The van der Waals surface area contributed by atoms with Crippen LogP contribution in [0.15, 0.2) is 0 Å². The van der Waals surface area contributed by atoms with E-state index in [1.165, 1.54) is 6.42 Å². The molecule has 11 heavy (non-hydrogen) atoms. The molecule has 1 aliphatic carbocycles. The maximum Gasteiger partial charge on any atom is 0.306 e. The fraction of sp³-hybridized carbons (Fsp3) is 0.889. The molecule has 2 heteroatoms. The van der Waals surface area contributed by atoms with E-state index in [2.05, 4.69) is 13.8 Å². The van der Waals surface area contributed by atoms with Crippen LogP contribution in [0.5, 0.6) is 0 Å². The van der Waals surface area contributed by atoms with Crippen molar-refractivity contribution < 1.29 is 9.53 Å². The van der Waals surface area contributed by atoms with Crippen LogP contribution < -0.4 is 0 Å². The lowest BCUT2D eigenvalue weighted by Gasteiger charge is -2.27.